The van der Waals surface area contributed by atoms with E-state index in [1.54, 1.807) is 0 Å². The molecule has 0 aliphatic carbocycles. The van der Waals surface area contributed by atoms with Gasteiger partial charge < -0.3 is 5.11 Å². The van der Waals surface area contributed by atoms with Crippen LogP contribution in [-0.4, -0.2) is 52.6 Å². The summed E-state index contributed by atoms with van der Waals surface area (Å²) in [5.41, 5.74) is 3.26. The third kappa shape index (κ3) is 5.52. The Bertz CT molecular complexity index is 1080. The molecule has 31 heavy (non-hydrogen) atoms. The van der Waals surface area contributed by atoms with Crippen LogP contribution in [0.2, 0.25) is 5.02 Å². The molecule has 0 bridgehead atoms. The molecule has 2 heterocycles. The standard InChI is InChI=1S/C24H23ClN4OS/c25-20-8-6-19(7-9-20)22-17-31-24(27-22)21(14-26)23(30)16-29-12-10-28(11-13-29)15-18-4-2-1-3-5-18/h1-9,17,30H,10-13,15-16H2. The molecule has 1 aliphatic rings. The molecule has 5 nitrogen and oxygen atoms in total. The summed E-state index contributed by atoms with van der Waals surface area (Å²) < 4.78 is 0. The van der Waals surface area contributed by atoms with E-state index in [0.29, 0.717) is 16.6 Å². The SMILES string of the molecule is N#CC(=C(O)CN1CCN(Cc2ccccc2)CC1)c1nc(-c2ccc(Cl)cc2)cs1. The molecular weight excluding hydrogens is 428 g/mol. The van der Waals surface area contributed by atoms with E-state index < -0.39 is 0 Å². The second-order valence-electron chi connectivity index (χ2n) is 7.52. The average molecular weight is 451 g/mol. The quantitative estimate of drug-likeness (QED) is 0.419. The van der Waals surface area contributed by atoms with Gasteiger partial charge in [0.1, 0.15) is 22.4 Å². The van der Waals surface area contributed by atoms with Crippen LogP contribution in [0.1, 0.15) is 10.6 Å². The number of thiazole rings is 1. The predicted molar refractivity (Wildman–Crippen MR) is 126 cm³/mol. The second kappa shape index (κ2) is 10.1. The number of nitrogens with zero attached hydrogens (tertiary/aromatic N) is 4. The minimum atomic E-state index is 0.0796. The largest absolute Gasteiger partial charge is 0.509 e. The predicted octanol–water partition coefficient (Wildman–Crippen LogP) is 5.07. The van der Waals surface area contributed by atoms with E-state index in [0.717, 1.165) is 44.0 Å². The fraction of sp³-hybridized carbons (Fsp3) is 0.250. The molecule has 0 amide bonds. The Labute approximate surface area is 191 Å². The van der Waals surface area contributed by atoms with Crippen molar-refractivity contribution >= 4 is 28.5 Å². The molecule has 0 atom stereocenters. The first-order valence-corrected chi connectivity index (χ1v) is 11.4. The van der Waals surface area contributed by atoms with Gasteiger partial charge in [-0.25, -0.2) is 4.98 Å². The van der Waals surface area contributed by atoms with Crippen LogP contribution in [0, 0.1) is 11.3 Å². The van der Waals surface area contributed by atoms with Gasteiger partial charge in [0.25, 0.3) is 0 Å². The fourth-order valence-electron chi connectivity index (χ4n) is 3.62. The Kier molecular flexibility index (Phi) is 7.00. The van der Waals surface area contributed by atoms with Crippen molar-refractivity contribution in [2.75, 3.05) is 32.7 Å². The summed E-state index contributed by atoms with van der Waals surface area (Å²) in [6, 6.07) is 20.0. The molecule has 3 aromatic rings. The lowest BCUT2D eigenvalue weighted by atomic mass is 10.2. The minimum Gasteiger partial charge on any atom is -0.509 e. The highest BCUT2D eigenvalue weighted by Gasteiger charge is 2.20. The highest BCUT2D eigenvalue weighted by molar-refractivity contribution is 7.11. The van der Waals surface area contributed by atoms with E-state index in [2.05, 4.69) is 45.1 Å². The second-order valence-corrected chi connectivity index (χ2v) is 8.81. The van der Waals surface area contributed by atoms with Crippen molar-refractivity contribution in [3.63, 3.8) is 0 Å². The summed E-state index contributed by atoms with van der Waals surface area (Å²) in [5.74, 6) is 0.0796. The molecule has 4 rings (SSSR count). The first-order valence-electron chi connectivity index (χ1n) is 10.1. The van der Waals surface area contributed by atoms with Gasteiger partial charge in [-0.1, -0.05) is 54.1 Å². The van der Waals surface area contributed by atoms with E-state index in [1.165, 1.54) is 16.9 Å². The number of rotatable bonds is 6. The molecule has 0 saturated carbocycles. The van der Waals surface area contributed by atoms with Gasteiger partial charge in [-0.2, -0.15) is 5.26 Å². The smallest absolute Gasteiger partial charge is 0.138 e. The van der Waals surface area contributed by atoms with Gasteiger partial charge in [0.15, 0.2) is 0 Å². The number of hydrogen-bond donors (Lipinski definition) is 1. The van der Waals surface area contributed by atoms with Gasteiger partial charge in [-0.05, 0) is 17.7 Å². The van der Waals surface area contributed by atoms with Crippen molar-refractivity contribution in [2.24, 2.45) is 0 Å². The Balaban J connectivity index is 1.38. The highest BCUT2D eigenvalue weighted by Crippen LogP contribution is 2.28. The van der Waals surface area contributed by atoms with E-state index in [1.807, 2.05) is 35.7 Å². The number of halogens is 1. The number of nitriles is 1. The van der Waals surface area contributed by atoms with Crippen molar-refractivity contribution in [1.29, 1.82) is 5.26 Å². The summed E-state index contributed by atoms with van der Waals surface area (Å²) >= 11 is 7.31. The number of allylic oxidation sites excluding steroid dienone is 1. The maximum atomic E-state index is 10.7. The van der Waals surface area contributed by atoms with Crippen molar-refractivity contribution in [3.05, 3.63) is 81.3 Å². The number of aliphatic hydroxyl groups is 1. The normalized spacial score (nSPS) is 16.0. The third-order valence-electron chi connectivity index (χ3n) is 5.35. The zero-order chi connectivity index (χ0) is 21.6. The molecule has 1 aromatic heterocycles. The summed E-state index contributed by atoms with van der Waals surface area (Å²) in [4.78, 5) is 9.16. The van der Waals surface area contributed by atoms with Gasteiger partial charge in [-0.15, -0.1) is 11.3 Å². The van der Waals surface area contributed by atoms with Crippen molar-refractivity contribution in [1.82, 2.24) is 14.8 Å². The molecule has 0 unspecified atom stereocenters. The lowest BCUT2D eigenvalue weighted by Crippen LogP contribution is -2.46. The van der Waals surface area contributed by atoms with Crippen LogP contribution < -0.4 is 0 Å². The molecule has 2 aromatic carbocycles. The molecule has 1 fully saturated rings. The molecule has 0 radical (unpaired) electrons. The van der Waals surface area contributed by atoms with Gasteiger partial charge in [0.05, 0.1) is 12.2 Å². The molecule has 158 valence electrons. The van der Waals surface area contributed by atoms with E-state index in [9.17, 15) is 10.4 Å². The molecule has 7 heteroatoms. The van der Waals surface area contributed by atoms with Crippen molar-refractivity contribution < 1.29 is 5.11 Å². The van der Waals surface area contributed by atoms with Crippen LogP contribution in [0.3, 0.4) is 0 Å². The maximum Gasteiger partial charge on any atom is 0.138 e. The Morgan fingerprint density at radius 2 is 1.71 bits per heavy atom. The molecule has 1 N–H and O–H groups in total. The summed E-state index contributed by atoms with van der Waals surface area (Å²) in [6.45, 7) is 4.86. The summed E-state index contributed by atoms with van der Waals surface area (Å²) in [7, 11) is 0. The van der Waals surface area contributed by atoms with Gasteiger partial charge in [0, 0.05) is 48.7 Å². The first kappa shape index (κ1) is 21.5. The number of benzene rings is 2. The summed E-state index contributed by atoms with van der Waals surface area (Å²) in [5, 5.41) is 23.4. The lowest BCUT2D eigenvalue weighted by molar-refractivity contribution is 0.125. The first-order chi connectivity index (χ1) is 15.1. The average Bonchev–Trinajstić information content (AvgIpc) is 3.26. The molecule has 1 aliphatic heterocycles. The van der Waals surface area contributed by atoms with E-state index >= 15 is 0 Å². The Morgan fingerprint density at radius 3 is 2.39 bits per heavy atom. The van der Waals surface area contributed by atoms with Crippen LogP contribution in [-0.2, 0) is 6.54 Å². The third-order valence-corrected chi connectivity index (χ3v) is 6.46. The van der Waals surface area contributed by atoms with Crippen LogP contribution in [0.15, 0.2) is 65.7 Å². The zero-order valence-corrected chi connectivity index (χ0v) is 18.6. The fourth-order valence-corrected chi connectivity index (χ4v) is 4.59. The van der Waals surface area contributed by atoms with E-state index in [-0.39, 0.29) is 11.3 Å². The molecular formula is C24H23ClN4OS. The Morgan fingerprint density at radius 1 is 1.03 bits per heavy atom. The monoisotopic (exact) mass is 450 g/mol. The number of piperazine rings is 1. The van der Waals surface area contributed by atoms with Crippen LogP contribution in [0.25, 0.3) is 16.8 Å². The molecule has 0 spiro atoms. The van der Waals surface area contributed by atoms with Crippen LogP contribution in [0.5, 0.6) is 0 Å². The minimum absolute atomic E-state index is 0.0796. The number of aromatic nitrogens is 1. The van der Waals surface area contributed by atoms with Crippen LogP contribution in [0.4, 0.5) is 0 Å². The topological polar surface area (TPSA) is 63.4 Å². The zero-order valence-electron chi connectivity index (χ0n) is 17.0. The van der Waals surface area contributed by atoms with Gasteiger partial charge >= 0.3 is 0 Å². The van der Waals surface area contributed by atoms with E-state index in [4.69, 9.17) is 11.6 Å². The van der Waals surface area contributed by atoms with Crippen molar-refractivity contribution in [2.45, 2.75) is 6.54 Å². The van der Waals surface area contributed by atoms with Gasteiger partial charge in [-0.3, -0.25) is 9.80 Å². The highest BCUT2D eigenvalue weighted by atomic mass is 35.5. The van der Waals surface area contributed by atoms with Crippen molar-refractivity contribution in [3.8, 4) is 17.3 Å². The van der Waals surface area contributed by atoms with Gasteiger partial charge in [0.2, 0.25) is 0 Å². The van der Waals surface area contributed by atoms with Crippen LogP contribution >= 0.6 is 22.9 Å². The molecule has 1 saturated heterocycles. The maximum absolute atomic E-state index is 10.7. The lowest BCUT2D eigenvalue weighted by Gasteiger charge is -2.34. The Hall–Kier alpha value is -2.69. The number of hydrogen-bond acceptors (Lipinski definition) is 6. The summed E-state index contributed by atoms with van der Waals surface area (Å²) in [6.07, 6.45) is 0. The number of aliphatic hydroxyl groups excluding tert-OH is 1.